The number of ether oxygens (including phenoxy) is 2. The molecule has 130 valence electrons. The molecule has 3 rings (SSSR count). The summed E-state index contributed by atoms with van der Waals surface area (Å²) in [5, 5.41) is 3.84. The van der Waals surface area contributed by atoms with Crippen LogP contribution in [0, 0.1) is 0 Å². The minimum absolute atomic E-state index is 0.158. The number of primary amides is 1. The van der Waals surface area contributed by atoms with Crippen LogP contribution in [-0.4, -0.2) is 43.3 Å². The van der Waals surface area contributed by atoms with Gasteiger partial charge < -0.3 is 15.2 Å². The fourth-order valence-corrected chi connectivity index (χ4v) is 1.77. The van der Waals surface area contributed by atoms with Crippen molar-refractivity contribution in [3.8, 4) is 17.5 Å². The molecule has 9 nitrogen and oxygen atoms in total. The highest BCUT2D eigenvalue weighted by Gasteiger charge is 2.29. The lowest BCUT2D eigenvalue weighted by Gasteiger charge is -2.11. The smallest absolute Gasteiger partial charge is 0.422 e. The van der Waals surface area contributed by atoms with Crippen molar-refractivity contribution >= 4 is 11.6 Å². The van der Waals surface area contributed by atoms with Gasteiger partial charge in [-0.3, -0.25) is 4.79 Å². The summed E-state index contributed by atoms with van der Waals surface area (Å²) in [5.41, 5.74) is 5.42. The third kappa shape index (κ3) is 3.91. The number of alkyl halides is 3. The number of carbonyl (C=O) groups is 1. The molecule has 0 bridgehead atoms. The van der Waals surface area contributed by atoms with Crippen LogP contribution in [0.25, 0.3) is 5.65 Å². The van der Waals surface area contributed by atoms with E-state index in [0.717, 1.165) is 0 Å². The summed E-state index contributed by atoms with van der Waals surface area (Å²) in [6, 6.07) is 2.93. The van der Waals surface area contributed by atoms with Gasteiger partial charge in [0, 0.05) is 12.4 Å². The van der Waals surface area contributed by atoms with Crippen molar-refractivity contribution in [3.05, 3.63) is 36.5 Å². The summed E-state index contributed by atoms with van der Waals surface area (Å²) in [6.07, 6.45) is -0.788. The zero-order valence-electron chi connectivity index (χ0n) is 12.3. The van der Waals surface area contributed by atoms with Gasteiger partial charge in [-0.2, -0.15) is 13.2 Å². The molecule has 0 spiro atoms. The predicted octanol–water partition coefficient (Wildman–Crippen LogP) is 1.35. The molecule has 12 heteroatoms. The molecule has 0 fully saturated rings. The zero-order valence-corrected chi connectivity index (χ0v) is 12.3. The lowest BCUT2D eigenvalue weighted by molar-refractivity contribution is -0.154. The van der Waals surface area contributed by atoms with Crippen molar-refractivity contribution in [1.82, 2.24) is 24.6 Å². The Hall–Kier alpha value is -3.44. The van der Waals surface area contributed by atoms with Crippen molar-refractivity contribution in [2.24, 2.45) is 5.73 Å². The summed E-state index contributed by atoms with van der Waals surface area (Å²) in [5.74, 6) is -1.52. The Labute approximate surface area is 137 Å². The molecule has 0 aliphatic heterocycles. The van der Waals surface area contributed by atoms with E-state index in [-0.39, 0.29) is 17.5 Å². The summed E-state index contributed by atoms with van der Waals surface area (Å²) in [6.45, 7) is -1.54. The van der Waals surface area contributed by atoms with E-state index in [0.29, 0.717) is 5.65 Å². The number of fused-ring (bicyclic) bond motifs is 1. The van der Waals surface area contributed by atoms with E-state index in [1.54, 1.807) is 0 Å². The maximum absolute atomic E-state index is 12.3. The number of nitrogens with two attached hydrogens (primary N) is 1. The lowest BCUT2D eigenvalue weighted by Crippen LogP contribution is -2.20. The zero-order chi connectivity index (χ0) is 18.0. The summed E-state index contributed by atoms with van der Waals surface area (Å²) >= 11 is 0. The fraction of sp³-hybridized carbons (Fsp3) is 0.154. The first-order valence-electron chi connectivity index (χ1n) is 6.66. The molecule has 0 unspecified atom stereocenters. The number of pyridine rings is 1. The predicted molar refractivity (Wildman–Crippen MR) is 75.2 cm³/mol. The van der Waals surface area contributed by atoms with E-state index in [1.165, 1.54) is 35.2 Å². The highest BCUT2D eigenvalue weighted by atomic mass is 19.4. The van der Waals surface area contributed by atoms with Gasteiger partial charge in [0.2, 0.25) is 5.82 Å². The molecule has 25 heavy (non-hydrogen) atoms. The summed E-state index contributed by atoms with van der Waals surface area (Å²) < 4.78 is 48.0. The third-order valence-corrected chi connectivity index (χ3v) is 2.74. The van der Waals surface area contributed by atoms with Gasteiger partial charge in [-0.05, 0) is 12.1 Å². The lowest BCUT2D eigenvalue weighted by atomic mass is 10.4. The fourth-order valence-electron chi connectivity index (χ4n) is 1.77. The van der Waals surface area contributed by atoms with E-state index in [1.807, 2.05) is 0 Å². The monoisotopic (exact) mass is 354 g/mol. The molecule has 2 N–H and O–H groups in total. The van der Waals surface area contributed by atoms with Crippen molar-refractivity contribution in [3.63, 3.8) is 0 Å². The average Bonchev–Trinajstić information content (AvgIpc) is 2.97. The first kappa shape index (κ1) is 16.4. The van der Waals surface area contributed by atoms with Gasteiger partial charge >= 0.3 is 6.18 Å². The van der Waals surface area contributed by atoms with Crippen LogP contribution in [0.15, 0.2) is 30.7 Å². The number of aromatic nitrogens is 5. The van der Waals surface area contributed by atoms with E-state index >= 15 is 0 Å². The maximum atomic E-state index is 12.3. The van der Waals surface area contributed by atoms with E-state index in [4.69, 9.17) is 10.5 Å². The minimum Gasteiger partial charge on any atom is -0.464 e. The quantitative estimate of drug-likeness (QED) is 0.735. The van der Waals surface area contributed by atoms with Crippen LogP contribution in [0.5, 0.6) is 17.5 Å². The minimum atomic E-state index is -4.53. The number of hydrogen-bond donors (Lipinski definition) is 1. The van der Waals surface area contributed by atoms with Gasteiger partial charge in [0.25, 0.3) is 17.7 Å². The third-order valence-electron chi connectivity index (χ3n) is 2.74. The van der Waals surface area contributed by atoms with Crippen molar-refractivity contribution in [2.45, 2.75) is 6.18 Å². The van der Waals surface area contributed by atoms with Crippen LogP contribution < -0.4 is 15.2 Å². The van der Waals surface area contributed by atoms with Gasteiger partial charge in [-0.1, -0.05) is 0 Å². The number of carbonyl (C=O) groups excluding carboxylic acids is 1. The average molecular weight is 354 g/mol. The largest absolute Gasteiger partial charge is 0.464 e. The van der Waals surface area contributed by atoms with Gasteiger partial charge in [0.15, 0.2) is 12.3 Å². The van der Waals surface area contributed by atoms with Gasteiger partial charge in [0.1, 0.15) is 5.75 Å². The normalized spacial score (nSPS) is 11.5. The highest BCUT2D eigenvalue weighted by molar-refractivity contribution is 5.89. The maximum Gasteiger partial charge on any atom is 0.422 e. The number of rotatable bonds is 5. The molecule has 0 aliphatic rings. The van der Waals surface area contributed by atoms with E-state index < -0.39 is 24.6 Å². The Kier molecular flexibility index (Phi) is 4.09. The molecule has 0 saturated heterocycles. The van der Waals surface area contributed by atoms with Crippen LogP contribution in [-0.2, 0) is 0 Å². The Morgan fingerprint density at radius 3 is 2.60 bits per heavy atom. The second kappa shape index (κ2) is 6.22. The Morgan fingerprint density at radius 2 is 1.92 bits per heavy atom. The number of hydrogen-bond acceptors (Lipinski definition) is 7. The SMILES string of the molecule is NC(=O)c1nc2ccc(Oc3nccnc3OCC(F)(F)F)cn2n1. The Bertz CT molecular complexity index is 927. The van der Waals surface area contributed by atoms with Crippen molar-refractivity contribution < 1.29 is 27.4 Å². The van der Waals surface area contributed by atoms with Crippen LogP contribution in [0.2, 0.25) is 0 Å². The molecule has 0 atom stereocenters. The van der Waals surface area contributed by atoms with Crippen LogP contribution in [0.4, 0.5) is 13.2 Å². The van der Waals surface area contributed by atoms with Crippen LogP contribution in [0.3, 0.4) is 0 Å². The summed E-state index contributed by atoms with van der Waals surface area (Å²) in [4.78, 5) is 22.4. The van der Waals surface area contributed by atoms with E-state index in [2.05, 4.69) is 24.8 Å². The molecule has 0 radical (unpaired) electrons. The van der Waals surface area contributed by atoms with Crippen molar-refractivity contribution in [2.75, 3.05) is 6.61 Å². The Balaban J connectivity index is 1.84. The molecule has 3 heterocycles. The topological polar surface area (TPSA) is 118 Å². The molecule has 0 saturated carbocycles. The molecular weight excluding hydrogens is 345 g/mol. The van der Waals surface area contributed by atoms with Crippen LogP contribution >= 0.6 is 0 Å². The second-order valence-corrected chi connectivity index (χ2v) is 4.64. The van der Waals surface area contributed by atoms with E-state index in [9.17, 15) is 18.0 Å². The first-order chi connectivity index (χ1) is 11.8. The van der Waals surface area contributed by atoms with Crippen molar-refractivity contribution in [1.29, 1.82) is 0 Å². The van der Waals surface area contributed by atoms with Gasteiger partial charge in [-0.15, -0.1) is 5.10 Å². The standard InChI is InChI=1S/C13H9F3N6O3/c14-13(15,16)6-24-11-12(19-4-3-18-11)25-7-1-2-8-20-10(9(17)23)21-22(8)5-7/h1-5H,6H2,(H2,17,23). The number of amides is 1. The molecule has 1 amide bonds. The van der Waals surface area contributed by atoms with Crippen LogP contribution in [0.1, 0.15) is 10.6 Å². The first-order valence-corrected chi connectivity index (χ1v) is 6.66. The van der Waals surface area contributed by atoms with Gasteiger partial charge in [-0.25, -0.2) is 19.5 Å². The van der Waals surface area contributed by atoms with Gasteiger partial charge in [0.05, 0.1) is 6.20 Å². The molecule has 0 aromatic carbocycles. The second-order valence-electron chi connectivity index (χ2n) is 4.64. The molecule has 3 aromatic heterocycles. The Morgan fingerprint density at radius 1 is 1.20 bits per heavy atom. The molecular formula is C13H9F3N6O3. The summed E-state index contributed by atoms with van der Waals surface area (Å²) in [7, 11) is 0. The molecule has 3 aromatic rings. The molecule has 0 aliphatic carbocycles. The number of nitrogens with zero attached hydrogens (tertiary/aromatic N) is 5. The highest BCUT2D eigenvalue weighted by Crippen LogP contribution is 2.28. The number of halogens is 3.